The van der Waals surface area contributed by atoms with Gasteiger partial charge in [-0.25, -0.2) is 0 Å². The molecule has 0 fully saturated rings. The Morgan fingerprint density at radius 1 is 0.314 bits per heavy atom. The number of benzene rings is 6. The van der Waals surface area contributed by atoms with E-state index in [0.717, 1.165) is 11.0 Å². The first-order valence-corrected chi connectivity index (χ1v) is 12.0. The Morgan fingerprint density at radius 3 is 1.29 bits per heavy atom. The van der Waals surface area contributed by atoms with E-state index in [0.29, 0.717) is 0 Å². The molecule has 0 bridgehead atoms. The van der Waals surface area contributed by atoms with Crippen molar-refractivity contribution in [3.63, 3.8) is 0 Å². The molecule has 3 aromatic heterocycles. The van der Waals surface area contributed by atoms with Crippen molar-refractivity contribution in [3.8, 4) is 0 Å². The van der Waals surface area contributed by atoms with E-state index in [1.54, 1.807) is 0 Å². The van der Waals surface area contributed by atoms with E-state index in [2.05, 4.69) is 112 Å². The monoisotopic (exact) mass is 445 g/mol. The summed E-state index contributed by atoms with van der Waals surface area (Å²) in [5, 5.41) is 12.6. The van der Waals surface area contributed by atoms with Crippen LogP contribution in [0.15, 0.2) is 97.1 Å². The van der Waals surface area contributed by atoms with Gasteiger partial charge < -0.3 is 15.0 Å². The van der Waals surface area contributed by atoms with Crippen LogP contribution >= 0.6 is 0 Å². The number of hydrogen-bond acceptors (Lipinski definition) is 0. The smallest absolute Gasteiger partial charge is 0.0566 e. The Labute approximate surface area is 199 Å². The number of rotatable bonds is 0. The third kappa shape index (κ3) is 2.12. The molecule has 3 heterocycles. The molecule has 162 valence electrons. The van der Waals surface area contributed by atoms with E-state index in [9.17, 15) is 0 Å². The van der Waals surface area contributed by atoms with Crippen LogP contribution in [-0.4, -0.2) is 15.0 Å². The van der Waals surface area contributed by atoms with Gasteiger partial charge in [0, 0.05) is 54.1 Å². The van der Waals surface area contributed by atoms with E-state index in [4.69, 9.17) is 0 Å². The molecular weight excluding hydrogens is 426 g/mol. The van der Waals surface area contributed by atoms with Crippen molar-refractivity contribution >= 4 is 87.0 Å². The molecule has 0 saturated heterocycles. The first-order chi connectivity index (χ1) is 17.3. The number of hydrogen-bond donors (Lipinski definition) is 3. The predicted molar refractivity (Wildman–Crippen MR) is 150 cm³/mol. The van der Waals surface area contributed by atoms with E-state index >= 15 is 0 Å². The fraction of sp³-hybridized carbons (Fsp3) is 0. The lowest BCUT2D eigenvalue weighted by atomic mass is 10.0. The summed E-state index contributed by atoms with van der Waals surface area (Å²) in [4.78, 5) is 11.3. The molecule has 9 rings (SSSR count). The summed E-state index contributed by atoms with van der Waals surface area (Å²) in [5.74, 6) is 0. The van der Waals surface area contributed by atoms with Gasteiger partial charge in [0.25, 0.3) is 0 Å². The summed E-state index contributed by atoms with van der Waals surface area (Å²) in [6.45, 7) is 0. The Kier molecular flexibility index (Phi) is 3.04. The van der Waals surface area contributed by atoms with Gasteiger partial charge >= 0.3 is 0 Å². The third-order valence-electron chi connectivity index (χ3n) is 7.87. The lowest BCUT2D eigenvalue weighted by molar-refractivity contribution is 1.55. The third-order valence-corrected chi connectivity index (χ3v) is 7.87. The van der Waals surface area contributed by atoms with Crippen LogP contribution in [0.4, 0.5) is 0 Å². The number of aromatic nitrogens is 3. The van der Waals surface area contributed by atoms with Crippen LogP contribution < -0.4 is 0 Å². The molecule has 0 unspecified atom stereocenters. The van der Waals surface area contributed by atoms with Crippen LogP contribution in [0.25, 0.3) is 87.0 Å². The Morgan fingerprint density at radius 2 is 0.771 bits per heavy atom. The molecule has 0 aliphatic heterocycles. The molecule has 3 N–H and O–H groups in total. The zero-order chi connectivity index (χ0) is 22.7. The summed E-state index contributed by atoms with van der Waals surface area (Å²) in [5.41, 5.74) is 7.12. The fourth-order valence-corrected chi connectivity index (χ4v) is 6.31. The van der Waals surface area contributed by atoms with E-state index in [1.165, 1.54) is 75.9 Å². The molecule has 0 saturated carbocycles. The molecular formula is C32H19N3. The van der Waals surface area contributed by atoms with E-state index < -0.39 is 0 Å². The highest BCUT2D eigenvalue weighted by Crippen LogP contribution is 2.41. The van der Waals surface area contributed by atoms with Crippen molar-refractivity contribution in [2.24, 2.45) is 0 Å². The molecule has 0 aliphatic rings. The van der Waals surface area contributed by atoms with Crippen LogP contribution in [-0.2, 0) is 0 Å². The number of aromatic amines is 3. The van der Waals surface area contributed by atoms with Crippen molar-refractivity contribution in [2.75, 3.05) is 0 Å². The quantitative estimate of drug-likeness (QED) is 0.209. The molecule has 6 aromatic carbocycles. The standard InChI is InChI=1S/C32H19N3/c1-3-7-19-17(5-1)9-11-23-27-25(33-29(19)23)15-13-21-22-14-16-26-28(32(22)35-31(21)27)24-12-10-18-6-2-4-8-20(18)30(24)34-26/h1-16,33-35H. The van der Waals surface area contributed by atoms with Crippen LogP contribution in [0.1, 0.15) is 0 Å². The van der Waals surface area contributed by atoms with Crippen molar-refractivity contribution < 1.29 is 0 Å². The first-order valence-electron chi connectivity index (χ1n) is 12.0. The Hall–Kier alpha value is -4.76. The minimum Gasteiger partial charge on any atom is -0.354 e. The van der Waals surface area contributed by atoms with Gasteiger partial charge in [0.1, 0.15) is 0 Å². The number of fused-ring (bicyclic) bond motifs is 15. The average Bonchev–Trinajstić information content (AvgIpc) is 3.59. The minimum atomic E-state index is 1.16. The molecule has 3 nitrogen and oxygen atoms in total. The lowest BCUT2D eigenvalue weighted by Crippen LogP contribution is -1.75. The predicted octanol–water partition coefficient (Wildman–Crippen LogP) is 8.90. The van der Waals surface area contributed by atoms with Crippen molar-refractivity contribution in [3.05, 3.63) is 97.1 Å². The lowest BCUT2D eigenvalue weighted by Gasteiger charge is -1.99. The van der Waals surface area contributed by atoms with Crippen molar-refractivity contribution in [1.82, 2.24) is 15.0 Å². The van der Waals surface area contributed by atoms with Gasteiger partial charge in [-0.15, -0.1) is 0 Å². The summed E-state index contributed by atoms with van der Waals surface area (Å²) in [7, 11) is 0. The van der Waals surface area contributed by atoms with Gasteiger partial charge in [-0.2, -0.15) is 0 Å². The fourth-order valence-electron chi connectivity index (χ4n) is 6.31. The molecule has 9 aromatic rings. The van der Waals surface area contributed by atoms with E-state index in [-0.39, 0.29) is 0 Å². The normalized spacial score (nSPS) is 12.6. The molecule has 0 aliphatic carbocycles. The van der Waals surface area contributed by atoms with Gasteiger partial charge in [-0.05, 0) is 22.9 Å². The van der Waals surface area contributed by atoms with Crippen LogP contribution in [0.5, 0.6) is 0 Å². The maximum absolute atomic E-state index is 3.88. The second-order valence-corrected chi connectivity index (χ2v) is 9.61. The Bertz CT molecular complexity index is 2160. The maximum Gasteiger partial charge on any atom is 0.0566 e. The van der Waals surface area contributed by atoms with Crippen molar-refractivity contribution in [1.29, 1.82) is 0 Å². The van der Waals surface area contributed by atoms with Gasteiger partial charge in [0.05, 0.1) is 22.1 Å². The van der Waals surface area contributed by atoms with Crippen molar-refractivity contribution in [2.45, 2.75) is 0 Å². The molecule has 0 atom stereocenters. The van der Waals surface area contributed by atoms with Gasteiger partial charge in [-0.3, -0.25) is 0 Å². The zero-order valence-electron chi connectivity index (χ0n) is 18.7. The highest BCUT2D eigenvalue weighted by Gasteiger charge is 2.17. The topological polar surface area (TPSA) is 47.4 Å². The van der Waals surface area contributed by atoms with Gasteiger partial charge in [0.2, 0.25) is 0 Å². The second kappa shape index (κ2) is 6.02. The highest BCUT2D eigenvalue weighted by atomic mass is 14.8. The Balaban J connectivity index is 1.48. The molecule has 35 heavy (non-hydrogen) atoms. The summed E-state index contributed by atoms with van der Waals surface area (Å²) >= 11 is 0. The van der Waals surface area contributed by atoms with Crippen LogP contribution in [0, 0.1) is 0 Å². The first kappa shape index (κ1) is 17.7. The maximum atomic E-state index is 3.88. The van der Waals surface area contributed by atoms with Crippen LogP contribution in [0.3, 0.4) is 0 Å². The van der Waals surface area contributed by atoms with Gasteiger partial charge in [0.15, 0.2) is 0 Å². The summed E-state index contributed by atoms with van der Waals surface area (Å²) in [6, 6.07) is 35.1. The van der Waals surface area contributed by atoms with E-state index in [1.807, 2.05) is 0 Å². The van der Waals surface area contributed by atoms with Gasteiger partial charge in [-0.1, -0.05) is 84.9 Å². The molecule has 0 radical (unpaired) electrons. The molecule has 0 amide bonds. The summed E-state index contributed by atoms with van der Waals surface area (Å²) in [6.07, 6.45) is 0. The molecule has 3 heteroatoms. The second-order valence-electron chi connectivity index (χ2n) is 9.61. The minimum absolute atomic E-state index is 1.16. The highest BCUT2D eigenvalue weighted by molar-refractivity contribution is 6.32. The average molecular weight is 446 g/mol. The largest absolute Gasteiger partial charge is 0.354 e. The van der Waals surface area contributed by atoms with Crippen LogP contribution in [0.2, 0.25) is 0 Å². The number of nitrogens with one attached hydrogen (secondary N) is 3. The summed E-state index contributed by atoms with van der Waals surface area (Å²) < 4.78 is 0. The SMILES string of the molecule is c1ccc2c(c1)ccc1c2[nH]c2ccc3c4ccc5[nH]c6c7ccccc7ccc6c5c4[nH]c3c21. The zero-order valence-corrected chi connectivity index (χ0v) is 18.7. The number of H-pyrrole nitrogens is 3. The molecule has 0 spiro atoms.